The third kappa shape index (κ3) is 3.17. The molecule has 0 aliphatic heterocycles. The summed E-state index contributed by atoms with van der Waals surface area (Å²) < 4.78 is 18.3. The van der Waals surface area contributed by atoms with Gasteiger partial charge in [0, 0.05) is 25.0 Å². The maximum Gasteiger partial charge on any atom is 0.130 e. The molecule has 2 aromatic rings. The third-order valence-electron chi connectivity index (χ3n) is 2.29. The molecule has 0 aliphatic rings. The first-order valence-corrected chi connectivity index (χ1v) is 5.29. The highest BCUT2D eigenvalue weighted by molar-refractivity contribution is 5.42. The molecule has 0 radical (unpaired) electrons. The summed E-state index contributed by atoms with van der Waals surface area (Å²) in [4.78, 5) is 4.17. The van der Waals surface area contributed by atoms with E-state index < -0.39 is 0 Å². The normalized spacial score (nSPS) is 10.0. The number of hydrogen-bond acceptors (Lipinski definition) is 3. The van der Waals surface area contributed by atoms with Gasteiger partial charge >= 0.3 is 0 Å². The Labute approximate surface area is 99.3 Å². The Kier molecular flexibility index (Phi) is 3.55. The number of hydrogen-bond donors (Lipinski definition) is 1. The van der Waals surface area contributed by atoms with Crippen LogP contribution < -0.4 is 10.1 Å². The molecular weight excluding hydrogens is 219 g/mol. The topological polar surface area (TPSA) is 34.2 Å². The van der Waals surface area contributed by atoms with Gasteiger partial charge in [0.05, 0.1) is 5.69 Å². The third-order valence-corrected chi connectivity index (χ3v) is 2.29. The zero-order valence-corrected chi connectivity index (χ0v) is 9.48. The number of nitrogens with zero attached hydrogens (tertiary/aromatic N) is 1. The highest BCUT2D eigenvalue weighted by Gasteiger charge is 1.99. The number of aromatic nitrogens is 1. The molecule has 1 N–H and O–H groups in total. The lowest BCUT2D eigenvalue weighted by Gasteiger charge is -2.07. The van der Waals surface area contributed by atoms with Crippen molar-refractivity contribution < 1.29 is 9.13 Å². The summed E-state index contributed by atoms with van der Waals surface area (Å²) in [7, 11) is 1.84. The van der Waals surface area contributed by atoms with Crippen molar-refractivity contribution in [2.24, 2.45) is 0 Å². The Morgan fingerprint density at radius 3 is 2.94 bits per heavy atom. The molecule has 0 bridgehead atoms. The lowest BCUT2D eigenvalue weighted by atomic mass is 10.3. The van der Waals surface area contributed by atoms with Crippen molar-refractivity contribution in [1.82, 2.24) is 4.98 Å². The molecule has 0 spiro atoms. The van der Waals surface area contributed by atoms with Gasteiger partial charge in [-0.15, -0.1) is 0 Å². The monoisotopic (exact) mass is 232 g/mol. The molecule has 1 aromatic carbocycles. The van der Waals surface area contributed by atoms with E-state index in [1.165, 1.54) is 12.1 Å². The molecule has 3 nitrogen and oxygen atoms in total. The molecule has 0 amide bonds. The van der Waals surface area contributed by atoms with Gasteiger partial charge in [-0.25, -0.2) is 4.39 Å². The Morgan fingerprint density at radius 1 is 1.29 bits per heavy atom. The first-order valence-electron chi connectivity index (χ1n) is 5.29. The van der Waals surface area contributed by atoms with Crippen LogP contribution in [-0.2, 0) is 6.61 Å². The fourth-order valence-electron chi connectivity index (χ4n) is 1.43. The highest BCUT2D eigenvalue weighted by atomic mass is 19.1. The van der Waals surface area contributed by atoms with Crippen molar-refractivity contribution in [3.63, 3.8) is 0 Å². The second kappa shape index (κ2) is 5.30. The first kappa shape index (κ1) is 11.4. The molecule has 0 fully saturated rings. The minimum absolute atomic E-state index is 0.306. The second-order valence-electron chi connectivity index (χ2n) is 3.53. The van der Waals surface area contributed by atoms with Crippen LogP contribution in [-0.4, -0.2) is 12.0 Å². The van der Waals surface area contributed by atoms with Crippen LogP contribution in [0.5, 0.6) is 5.75 Å². The van der Waals surface area contributed by atoms with Crippen LogP contribution in [0.25, 0.3) is 0 Å². The van der Waals surface area contributed by atoms with Gasteiger partial charge < -0.3 is 10.1 Å². The Balaban J connectivity index is 2.02. The van der Waals surface area contributed by atoms with Crippen molar-refractivity contribution in [3.05, 3.63) is 54.1 Å². The van der Waals surface area contributed by atoms with Crippen molar-refractivity contribution in [2.75, 3.05) is 12.4 Å². The summed E-state index contributed by atoms with van der Waals surface area (Å²) >= 11 is 0. The number of rotatable bonds is 4. The van der Waals surface area contributed by atoms with Gasteiger partial charge in [0.1, 0.15) is 18.2 Å². The van der Waals surface area contributed by atoms with E-state index in [4.69, 9.17) is 4.74 Å². The molecule has 17 heavy (non-hydrogen) atoms. The number of pyridine rings is 1. The minimum atomic E-state index is -0.306. The summed E-state index contributed by atoms with van der Waals surface area (Å²) in [5.74, 6) is 0.195. The Morgan fingerprint density at radius 2 is 2.18 bits per heavy atom. The SMILES string of the molecule is CNc1ccnc(COc2cccc(F)c2)c1. The predicted octanol–water partition coefficient (Wildman–Crippen LogP) is 2.84. The molecule has 0 saturated heterocycles. The van der Waals surface area contributed by atoms with E-state index in [0.717, 1.165) is 11.4 Å². The van der Waals surface area contributed by atoms with Gasteiger partial charge in [-0.2, -0.15) is 0 Å². The van der Waals surface area contributed by atoms with Crippen LogP contribution in [0.4, 0.5) is 10.1 Å². The minimum Gasteiger partial charge on any atom is -0.487 e. The zero-order chi connectivity index (χ0) is 12.1. The van der Waals surface area contributed by atoms with E-state index >= 15 is 0 Å². The van der Waals surface area contributed by atoms with Crippen LogP contribution in [0.15, 0.2) is 42.6 Å². The van der Waals surface area contributed by atoms with Gasteiger partial charge in [-0.1, -0.05) is 6.07 Å². The number of ether oxygens (including phenoxy) is 1. The van der Waals surface area contributed by atoms with Gasteiger partial charge in [0.25, 0.3) is 0 Å². The van der Waals surface area contributed by atoms with Crippen LogP contribution >= 0.6 is 0 Å². The van der Waals surface area contributed by atoms with E-state index in [1.54, 1.807) is 18.3 Å². The van der Waals surface area contributed by atoms with Crippen LogP contribution in [0.2, 0.25) is 0 Å². The number of anilines is 1. The van der Waals surface area contributed by atoms with Crippen LogP contribution in [0.3, 0.4) is 0 Å². The standard InChI is InChI=1S/C13H13FN2O/c1-15-11-5-6-16-12(8-11)9-17-13-4-2-3-10(14)7-13/h2-8H,9H2,1H3,(H,15,16). The number of nitrogens with one attached hydrogen (secondary N) is 1. The van der Waals surface area contributed by atoms with Crippen LogP contribution in [0.1, 0.15) is 5.69 Å². The van der Waals surface area contributed by atoms with Crippen molar-refractivity contribution >= 4 is 5.69 Å². The maximum atomic E-state index is 12.9. The molecule has 0 atom stereocenters. The van der Waals surface area contributed by atoms with Gasteiger partial charge in [0.2, 0.25) is 0 Å². The van der Waals surface area contributed by atoms with Crippen molar-refractivity contribution in [2.45, 2.75) is 6.61 Å². The molecule has 1 heterocycles. The van der Waals surface area contributed by atoms with E-state index in [-0.39, 0.29) is 5.82 Å². The average Bonchev–Trinajstić information content (AvgIpc) is 2.37. The first-order chi connectivity index (χ1) is 8.28. The molecule has 1 aromatic heterocycles. The molecule has 0 aliphatic carbocycles. The quantitative estimate of drug-likeness (QED) is 0.880. The molecule has 88 valence electrons. The number of benzene rings is 1. The molecule has 4 heteroatoms. The highest BCUT2D eigenvalue weighted by Crippen LogP contribution is 2.14. The summed E-state index contributed by atoms with van der Waals surface area (Å²) in [6.45, 7) is 0.318. The van der Waals surface area contributed by atoms with E-state index in [1.807, 2.05) is 19.2 Å². The molecule has 0 saturated carbocycles. The smallest absolute Gasteiger partial charge is 0.130 e. The van der Waals surface area contributed by atoms with Gasteiger partial charge in [-0.3, -0.25) is 4.98 Å². The molecule has 0 unspecified atom stereocenters. The Hall–Kier alpha value is -2.10. The van der Waals surface area contributed by atoms with E-state index in [2.05, 4.69) is 10.3 Å². The second-order valence-corrected chi connectivity index (χ2v) is 3.53. The summed E-state index contributed by atoms with van der Waals surface area (Å²) in [6, 6.07) is 9.81. The maximum absolute atomic E-state index is 12.9. The van der Waals surface area contributed by atoms with Gasteiger partial charge in [-0.05, 0) is 24.3 Å². The van der Waals surface area contributed by atoms with E-state index in [0.29, 0.717) is 12.4 Å². The summed E-state index contributed by atoms with van der Waals surface area (Å²) in [5, 5.41) is 3.02. The predicted molar refractivity (Wildman–Crippen MR) is 64.5 cm³/mol. The van der Waals surface area contributed by atoms with E-state index in [9.17, 15) is 4.39 Å². The average molecular weight is 232 g/mol. The lowest BCUT2D eigenvalue weighted by molar-refractivity contribution is 0.300. The molecule has 2 rings (SSSR count). The largest absolute Gasteiger partial charge is 0.487 e. The van der Waals surface area contributed by atoms with Crippen LogP contribution in [0, 0.1) is 5.82 Å². The van der Waals surface area contributed by atoms with Crippen molar-refractivity contribution in [1.29, 1.82) is 0 Å². The fraction of sp³-hybridized carbons (Fsp3) is 0.154. The lowest BCUT2D eigenvalue weighted by Crippen LogP contribution is -1.99. The van der Waals surface area contributed by atoms with Crippen molar-refractivity contribution in [3.8, 4) is 5.75 Å². The zero-order valence-electron chi connectivity index (χ0n) is 9.48. The summed E-state index contributed by atoms with van der Waals surface area (Å²) in [5.41, 5.74) is 1.76. The number of halogens is 1. The Bertz CT molecular complexity index is 502. The fourth-order valence-corrected chi connectivity index (χ4v) is 1.43. The molecular formula is C13H13FN2O. The summed E-state index contributed by atoms with van der Waals surface area (Å²) in [6.07, 6.45) is 1.70. The van der Waals surface area contributed by atoms with Gasteiger partial charge in [0.15, 0.2) is 0 Å².